The van der Waals surface area contributed by atoms with Crippen LogP contribution in [0.2, 0.25) is 0 Å². The molecule has 2 aromatic rings. The Morgan fingerprint density at radius 3 is 2.87 bits per heavy atom. The summed E-state index contributed by atoms with van der Waals surface area (Å²) in [5.74, 6) is 12.7. The van der Waals surface area contributed by atoms with Gasteiger partial charge in [0, 0.05) is 19.5 Å². The van der Waals surface area contributed by atoms with Crippen LogP contribution in [0.25, 0.3) is 0 Å². The molecule has 1 unspecified atom stereocenters. The molecule has 7 nitrogen and oxygen atoms in total. The third kappa shape index (κ3) is 6.43. The van der Waals surface area contributed by atoms with Gasteiger partial charge in [-0.2, -0.15) is 5.10 Å². The molecule has 31 heavy (non-hydrogen) atoms. The molecule has 1 fully saturated rings. The van der Waals surface area contributed by atoms with Gasteiger partial charge in [-0.15, -0.1) is 0 Å². The maximum atomic E-state index is 6.16. The molecule has 0 saturated carbocycles. The second-order valence-electron chi connectivity index (χ2n) is 8.46. The smallest absolute Gasteiger partial charge is 0.129 e. The fourth-order valence-electron chi connectivity index (χ4n) is 4.07. The molecule has 1 atom stereocenters. The molecule has 0 radical (unpaired) electrons. The van der Waals surface area contributed by atoms with E-state index >= 15 is 0 Å². The number of rotatable bonds is 9. The zero-order valence-corrected chi connectivity index (χ0v) is 18.8. The van der Waals surface area contributed by atoms with E-state index in [1.807, 2.05) is 24.3 Å². The first kappa shape index (κ1) is 23.1. The van der Waals surface area contributed by atoms with Crippen molar-refractivity contribution in [1.29, 1.82) is 0 Å². The molecule has 4 N–H and O–H groups in total. The normalized spacial score (nSPS) is 17.4. The monoisotopic (exact) mass is 425 g/mol. The molecule has 1 aliphatic heterocycles. The van der Waals surface area contributed by atoms with Gasteiger partial charge in [0.1, 0.15) is 12.1 Å². The van der Waals surface area contributed by atoms with Crippen LogP contribution in [-0.4, -0.2) is 44.1 Å². The number of nitrogens with zero attached hydrogens (tertiary/aromatic N) is 3. The van der Waals surface area contributed by atoms with Crippen molar-refractivity contribution in [3.63, 3.8) is 0 Å². The Balaban J connectivity index is 1.69. The summed E-state index contributed by atoms with van der Waals surface area (Å²) in [4.78, 5) is 2.53. The van der Waals surface area contributed by atoms with E-state index in [2.05, 4.69) is 49.0 Å². The average Bonchev–Trinajstić information content (AvgIpc) is 2.74. The number of morpholine rings is 1. The molecule has 0 spiro atoms. The van der Waals surface area contributed by atoms with Crippen LogP contribution in [0.4, 0.5) is 5.69 Å². The number of nitrogens with two attached hydrogens (primary N) is 2. The van der Waals surface area contributed by atoms with Crippen LogP contribution in [0.3, 0.4) is 0 Å². The molecular weight excluding hydrogens is 390 g/mol. The van der Waals surface area contributed by atoms with Crippen molar-refractivity contribution >= 4 is 12.0 Å². The quantitative estimate of drug-likeness (QED) is 0.277. The van der Waals surface area contributed by atoms with Crippen LogP contribution in [0.1, 0.15) is 36.6 Å². The Labute approximate surface area is 185 Å². The Hall–Kier alpha value is -2.61. The average molecular weight is 426 g/mol. The summed E-state index contributed by atoms with van der Waals surface area (Å²) in [6, 6.07) is 14.6. The Morgan fingerprint density at radius 1 is 1.29 bits per heavy atom. The molecule has 0 aromatic heterocycles. The topological polar surface area (TPSA) is 89.3 Å². The molecule has 2 aromatic carbocycles. The van der Waals surface area contributed by atoms with Crippen molar-refractivity contribution in [2.45, 2.75) is 33.2 Å². The number of aryl methyl sites for hydroxylation is 1. The van der Waals surface area contributed by atoms with Gasteiger partial charge < -0.3 is 15.3 Å². The lowest BCUT2D eigenvalue weighted by Gasteiger charge is -2.37. The van der Waals surface area contributed by atoms with E-state index in [1.165, 1.54) is 22.5 Å². The molecule has 1 heterocycles. The summed E-state index contributed by atoms with van der Waals surface area (Å²) in [5.41, 5.74) is 4.37. The number of benzene rings is 2. The molecule has 0 aliphatic carbocycles. The molecular formula is C24H35N5O2. The van der Waals surface area contributed by atoms with Crippen LogP contribution in [0.5, 0.6) is 5.75 Å². The SMILES string of the molecule is Cc1cc(OCCc2ccccc2N(N)/C=N\N)cc(C2COCCN2CC(C)C)c1. The summed E-state index contributed by atoms with van der Waals surface area (Å²) in [7, 11) is 0. The van der Waals surface area contributed by atoms with Gasteiger partial charge in [0.15, 0.2) is 0 Å². The zero-order chi connectivity index (χ0) is 22.2. The summed E-state index contributed by atoms with van der Waals surface area (Å²) >= 11 is 0. The van der Waals surface area contributed by atoms with Gasteiger partial charge in [-0.25, -0.2) is 5.84 Å². The lowest BCUT2D eigenvalue weighted by atomic mass is 10.0. The molecule has 7 heteroatoms. The van der Waals surface area contributed by atoms with Gasteiger partial charge in [0.05, 0.1) is 31.5 Å². The first-order chi connectivity index (χ1) is 15.0. The maximum absolute atomic E-state index is 6.16. The number of hydrogen-bond acceptors (Lipinski definition) is 6. The highest BCUT2D eigenvalue weighted by atomic mass is 16.5. The van der Waals surface area contributed by atoms with Gasteiger partial charge in [-0.1, -0.05) is 38.1 Å². The van der Waals surface area contributed by atoms with Crippen LogP contribution >= 0.6 is 0 Å². The largest absolute Gasteiger partial charge is 0.493 e. The highest BCUT2D eigenvalue weighted by Gasteiger charge is 2.25. The zero-order valence-electron chi connectivity index (χ0n) is 18.8. The van der Waals surface area contributed by atoms with Crippen LogP contribution in [0, 0.1) is 12.8 Å². The van der Waals surface area contributed by atoms with Crippen molar-refractivity contribution in [1.82, 2.24) is 4.90 Å². The molecule has 0 bridgehead atoms. The number of hydrazone groups is 1. The van der Waals surface area contributed by atoms with Crippen LogP contribution < -0.4 is 21.4 Å². The van der Waals surface area contributed by atoms with E-state index in [-0.39, 0.29) is 6.04 Å². The number of hydrazine groups is 1. The van der Waals surface area contributed by atoms with Crippen LogP contribution in [-0.2, 0) is 11.2 Å². The minimum atomic E-state index is 0.264. The summed E-state index contributed by atoms with van der Waals surface area (Å²) in [5, 5.41) is 4.92. The van der Waals surface area contributed by atoms with Gasteiger partial charge in [0.25, 0.3) is 0 Å². The first-order valence-electron chi connectivity index (χ1n) is 10.9. The number of ether oxygens (including phenoxy) is 2. The lowest BCUT2D eigenvalue weighted by Crippen LogP contribution is -2.41. The molecule has 3 rings (SSSR count). The summed E-state index contributed by atoms with van der Waals surface area (Å²) in [6.45, 7) is 10.7. The number of para-hydroxylation sites is 1. The van der Waals surface area contributed by atoms with E-state index in [0.717, 1.165) is 49.7 Å². The van der Waals surface area contributed by atoms with E-state index in [1.54, 1.807) is 0 Å². The third-order valence-electron chi connectivity index (χ3n) is 5.40. The highest BCUT2D eigenvalue weighted by molar-refractivity contribution is 5.78. The van der Waals surface area contributed by atoms with Crippen molar-refractivity contribution in [3.05, 3.63) is 59.2 Å². The van der Waals surface area contributed by atoms with Crippen molar-refractivity contribution in [3.8, 4) is 5.75 Å². The maximum Gasteiger partial charge on any atom is 0.129 e. The molecule has 0 amide bonds. The van der Waals surface area contributed by atoms with E-state index in [9.17, 15) is 0 Å². The lowest BCUT2D eigenvalue weighted by molar-refractivity contribution is -0.0134. The molecule has 1 aliphatic rings. The third-order valence-corrected chi connectivity index (χ3v) is 5.40. The first-order valence-corrected chi connectivity index (χ1v) is 10.9. The minimum Gasteiger partial charge on any atom is -0.493 e. The predicted octanol–water partition coefficient (Wildman–Crippen LogP) is 3.23. The van der Waals surface area contributed by atoms with Crippen molar-refractivity contribution < 1.29 is 9.47 Å². The number of hydrogen-bond donors (Lipinski definition) is 2. The molecule has 1 saturated heterocycles. The Morgan fingerprint density at radius 2 is 2.10 bits per heavy atom. The van der Waals surface area contributed by atoms with Crippen molar-refractivity contribution in [2.75, 3.05) is 37.9 Å². The minimum absolute atomic E-state index is 0.264. The Bertz CT molecular complexity index is 871. The fourth-order valence-corrected chi connectivity index (χ4v) is 4.07. The fraction of sp³-hybridized carbons (Fsp3) is 0.458. The van der Waals surface area contributed by atoms with Gasteiger partial charge in [-0.05, 0) is 47.7 Å². The number of anilines is 1. The van der Waals surface area contributed by atoms with Gasteiger partial charge in [0.2, 0.25) is 0 Å². The second kappa shape index (κ2) is 11.1. The molecule has 168 valence electrons. The predicted molar refractivity (Wildman–Crippen MR) is 126 cm³/mol. The van der Waals surface area contributed by atoms with E-state index < -0.39 is 0 Å². The van der Waals surface area contributed by atoms with E-state index in [4.69, 9.17) is 21.2 Å². The van der Waals surface area contributed by atoms with Gasteiger partial charge in [-0.3, -0.25) is 9.91 Å². The van der Waals surface area contributed by atoms with Crippen LogP contribution in [0.15, 0.2) is 47.6 Å². The standard InChI is InChI=1S/C24H35N5O2/c1-18(2)15-28-9-11-30-16-24(28)21-12-19(3)13-22(14-21)31-10-8-20-6-4-5-7-23(20)29(26)17-27-25/h4-7,12-14,17-18,24H,8-11,15-16,25-26H2,1-3H3/b27-17-. The van der Waals surface area contributed by atoms with Gasteiger partial charge >= 0.3 is 0 Å². The van der Waals surface area contributed by atoms with E-state index in [0.29, 0.717) is 12.5 Å². The summed E-state index contributed by atoms with van der Waals surface area (Å²) in [6.07, 6.45) is 2.11. The Kier molecular flexibility index (Phi) is 8.28. The summed E-state index contributed by atoms with van der Waals surface area (Å²) < 4.78 is 12.0. The highest BCUT2D eigenvalue weighted by Crippen LogP contribution is 2.29. The second-order valence-corrected chi connectivity index (χ2v) is 8.46. The van der Waals surface area contributed by atoms with Crippen molar-refractivity contribution in [2.24, 2.45) is 22.7 Å².